The lowest BCUT2D eigenvalue weighted by atomic mass is 10.2. The minimum Gasteiger partial charge on any atom is -0.382 e. The highest BCUT2D eigenvalue weighted by atomic mass is 35.5. The predicted molar refractivity (Wildman–Crippen MR) is 95.2 cm³/mol. The summed E-state index contributed by atoms with van der Waals surface area (Å²) in [4.78, 5) is 14.7. The van der Waals surface area contributed by atoms with Gasteiger partial charge in [0, 0.05) is 25.8 Å². The Kier molecular flexibility index (Phi) is 5.01. The van der Waals surface area contributed by atoms with Crippen molar-refractivity contribution in [1.82, 2.24) is 15.0 Å². The predicted octanol–water partition coefficient (Wildman–Crippen LogP) is 2.33. The lowest BCUT2D eigenvalue weighted by Gasteiger charge is -2.36. The highest BCUT2D eigenvalue weighted by Crippen LogP contribution is 2.24. The molecular formula is C16H21ClN6O. The van der Waals surface area contributed by atoms with Crippen LogP contribution in [-0.2, 0) is 11.3 Å². The van der Waals surface area contributed by atoms with E-state index in [-0.39, 0.29) is 18.0 Å². The molecule has 1 fully saturated rings. The van der Waals surface area contributed by atoms with E-state index in [1.54, 1.807) is 0 Å². The van der Waals surface area contributed by atoms with Gasteiger partial charge in [-0.25, -0.2) is 15.0 Å². The fourth-order valence-electron chi connectivity index (χ4n) is 2.77. The smallest absolute Gasteiger partial charge is 0.150 e. The number of morpholine rings is 1. The summed E-state index contributed by atoms with van der Waals surface area (Å²) in [5.41, 5.74) is 6.69. The van der Waals surface area contributed by atoms with Gasteiger partial charge in [0.15, 0.2) is 5.82 Å². The molecule has 0 amide bonds. The van der Waals surface area contributed by atoms with Crippen molar-refractivity contribution in [3.63, 3.8) is 0 Å². The van der Waals surface area contributed by atoms with E-state index in [0.29, 0.717) is 17.4 Å². The third kappa shape index (κ3) is 3.85. The minimum absolute atomic E-state index is 0.210. The van der Waals surface area contributed by atoms with Crippen LogP contribution in [0.25, 0.3) is 0 Å². The number of anilines is 3. The normalized spacial score (nSPS) is 20.9. The Balaban J connectivity index is 1.63. The summed E-state index contributed by atoms with van der Waals surface area (Å²) in [6.45, 7) is 6.42. The van der Waals surface area contributed by atoms with Crippen LogP contribution >= 0.6 is 11.6 Å². The molecule has 0 bridgehead atoms. The maximum atomic E-state index is 6.07. The maximum absolute atomic E-state index is 6.07. The molecule has 0 spiro atoms. The van der Waals surface area contributed by atoms with Crippen LogP contribution in [0.1, 0.15) is 19.4 Å². The summed E-state index contributed by atoms with van der Waals surface area (Å²) < 4.78 is 5.76. The highest BCUT2D eigenvalue weighted by molar-refractivity contribution is 6.35. The molecule has 0 radical (unpaired) electrons. The first-order valence-corrected chi connectivity index (χ1v) is 8.26. The van der Waals surface area contributed by atoms with E-state index in [2.05, 4.69) is 39.0 Å². The second-order valence-corrected chi connectivity index (χ2v) is 6.34. The minimum atomic E-state index is 0.210. The molecule has 1 aliphatic heterocycles. The summed E-state index contributed by atoms with van der Waals surface area (Å²) in [6, 6.07) is 4.07. The number of halogens is 1. The molecule has 8 heteroatoms. The third-order valence-corrected chi connectivity index (χ3v) is 4.20. The summed E-state index contributed by atoms with van der Waals surface area (Å²) in [5, 5.41) is 3.48. The van der Waals surface area contributed by atoms with Crippen LogP contribution in [0.15, 0.2) is 24.7 Å². The van der Waals surface area contributed by atoms with Crippen molar-refractivity contribution in [2.45, 2.75) is 32.6 Å². The quantitative estimate of drug-likeness (QED) is 0.876. The molecule has 7 nitrogen and oxygen atoms in total. The molecule has 24 heavy (non-hydrogen) atoms. The van der Waals surface area contributed by atoms with Crippen LogP contribution in [0.2, 0.25) is 5.02 Å². The molecule has 0 unspecified atom stereocenters. The Hall–Kier alpha value is -2.12. The lowest BCUT2D eigenvalue weighted by Crippen LogP contribution is -2.45. The summed E-state index contributed by atoms with van der Waals surface area (Å²) >= 11 is 6.07. The molecule has 3 heterocycles. The van der Waals surface area contributed by atoms with Crippen molar-refractivity contribution in [1.29, 1.82) is 0 Å². The van der Waals surface area contributed by atoms with Crippen LogP contribution in [0.4, 0.5) is 17.5 Å². The molecule has 0 saturated carbocycles. The van der Waals surface area contributed by atoms with Crippen LogP contribution in [0, 0.1) is 0 Å². The van der Waals surface area contributed by atoms with E-state index < -0.39 is 0 Å². The fourth-order valence-corrected chi connectivity index (χ4v) is 2.93. The number of nitrogens with one attached hydrogen (secondary N) is 1. The Morgan fingerprint density at radius 2 is 2.00 bits per heavy atom. The standard InChI is InChI=1S/C16H21ClN6O/c1-10-7-23(8-11(2)24-10)13-4-3-12(5-19-13)6-20-16-14(17)15(18)21-9-22-16/h3-5,9-11H,6-8H2,1-2H3,(H3,18,20,21,22)/t10-,11-/m1/s1. The molecule has 2 atom stereocenters. The van der Waals surface area contributed by atoms with Crippen molar-refractivity contribution in [2.24, 2.45) is 0 Å². The van der Waals surface area contributed by atoms with E-state index in [4.69, 9.17) is 22.1 Å². The topological polar surface area (TPSA) is 89.2 Å². The summed E-state index contributed by atoms with van der Waals surface area (Å²) in [5.74, 6) is 1.74. The van der Waals surface area contributed by atoms with Crippen molar-refractivity contribution in [2.75, 3.05) is 29.0 Å². The summed E-state index contributed by atoms with van der Waals surface area (Å²) in [7, 11) is 0. The van der Waals surface area contributed by atoms with Gasteiger partial charge in [-0.2, -0.15) is 0 Å². The molecule has 1 aliphatic rings. The third-order valence-electron chi connectivity index (χ3n) is 3.83. The zero-order chi connectivity index (χ0) is 17.1. The number of hydrogen-bond acceptors (Lipinski definition) is 7. The largest absolute Gasteiger partial charge is 0.382 e. The van der Waals surface area contributed by atoms with Crippen molar-refractivity contribution < 1.29 is 4.74 Å². The van der Waals surface area contributed by atoms with Crippen molar-refractivity contribution in [3.8, 4) is 0 Å². The molecule has 128 valence electrons. The van der Waals surface area contributed by atoms with Gasteiger partial charge in [-0.15, -0.1) is 0 Å². The number of aromatic nitrogens is 3. The van der Waals surface area contributed by atoms with E-state index >= 15 is 0 Å². The molecule has 2 aromatic rings. The molecule has 3 N–H and O–H groups in total. The van der Waals surface area contributed by atoms with Crippen LogP contribution in [0.3, 0.4) is 0 Å². The first kappa shape index (κ1) is 16.7. The molecule has 1 saturated heterocycles. The monoisotopic (exact) mass is 348 g/mol. The lowest BCUT2D eigenvalue weighted by molar-refractivity contribution is -0.00545. The average molecular weight is 349 g/mol. The number of rotatable bonds is 4. The van der Waals surface area contributed by atoms with Crippen LogP contribution < -0.4 is 16.0 Å². The fraction of sp³-hybridized carbons (Fsp3) is 0.438. The number of nitrogens with two attached hydrogens (primary N) is 1. The van der Waals surface area contributed by atoms with Gasteiger partial charge in [0.25, 0.3) is 0 Å². The van der Waals surface area contributed by atoms with Gasteiger partial charge in [-0.1, -0.05) is 17.7 Å². The molecule has 2 aromatic heterocycles. The van der Waals surface area contributed by atoms with Gasteiger partial charge in [0.05, 0.1) is 12.2 Å². The van der Waals surface area contributed by atoms with Crippen molar-refractivity contribution >= 4 is 29.1 Å². The maximum Gasteiger partial charge on any atom is 0.150 e. The highest BCUT2D eigenvalue weighted by Gasteiger charge is 2.22. The first-order valence-electron chi connectivity index (χ1n) is 7.88. The van der Waals surface area contributed by atoms with E-state index in [0.717, 1.165) is 24.5 Å². The molecule has 3 rings (SSSR count). The van der Waals surface area contributed by atoms with Crippen LogP contribution in [0.5, 0.6) is 0 Å². The van der Waals surface area contributed by atoms with Gasteiger partial charge in [-0.05, 0) is 25.5 Å². The zero-order valence-corrected chi connectivity index (χ0v) is 14.5. The van der Waals surface area contributed by atoms with E-state index in [1.165, 1.54) is 6.33 Å². The second-order valence-electron chi connectivity index (χ2n) is 5.96. The van der Waals surface area contributed by atoms with Crippen LogP contribution in [-0.4, -0.2) is 40.2 Å². The Morgan fingerprint density at radius 1 is 1.25 bits per heavy atom. The van der Waals surface area contributed by atoms with Gasteiger partial charge in [0.1, 0.15) is 23.0 Å². The SMILES string of the molecule is C[C@@H]1CN(c2ccc(CNc3ncnc(N)c3Cl)cn2)C[C@@H](C)O1. The van der Waals surface area contributed by atoms with Gasteiger partial charge in [-0.3, -0.25) is 0 Å². The second kappa shape index (κ2) is 7.19. The van der Waals surface area contributed by atoms with E-state index in [1.807, 2.05) is 18.3 Å². The van der Waals surface area contributed by atoms with E-state index in [9.17, 15) is 0 Å². The Labute approximate surface area is 146 Å². The number of nitrogens with zero attached hydrogens (tertiary/aromatic N) is 4. The van der Waals surface area contributed by atoms with Gasteiger partial charge < -0.3 is 20.7 Å². The molecule has 0 aromatic carbocycles. The Morgan fingerprint density at radius 3 is 2.67 bits per heavy atom. The molecule has 0 aliphatic carbocycles. The first-order chi connectivity index (χ1) is 11.5. The number of ether oxygens (including phenoxy) is 1. The van der Waals surface area contributed by atoms with Crippen molar-refractivity contribution in [3.05, 3.63) is 35.2 Å². The van der Waals surface area contributed by atoms with Gasteiger partial charge >= 0.3 is 0 Å². The average Bonchev–Trinajstić information content (AvgIpc) is 2.56. The number of nitrogen functional groups attached to an aromatic ring is 1. The molecular weight excluding hydrogens is 328 g/mol. The summed E-state index contributed by atoms with van der Waals surface area (Å²) in [6.07, 6.45) is 3.65. The van der Waals surface area contributed by atoms with Gasteiger partial charge in [0.2, 0.25) is 0 Å². The Bertz CT molecular complexity index is 685. The number of pyridine rings is 1. The zero-order valence-electron chi connectivity index (χ0n) is 13.7. The number of hydrogen-bond donors (Lipinski definition) is 2.